The Morgan fingerprint density at radius 3 is 2.79 bits per heavy atom. The molecule has 3 N–H and O–H groups in total. The van der Waals surface area contributed by atoms with E-state index >= 15 is 4.79 Å². The summed E-state index contributed by atoms with van der Waals surface area (Å²) in [6.07, 6.45) is 17.0. The Balaban J connectivity index is 1.14. The van der Waals surface area contributed by atoms with Crippen LogP contribution in [0.3, 0.4) is 0 Å². The molecule has 13 atom stereocenters. The maximum absolute atomic E-state index is 15.8. The molecule has 3 saturated heterocycles. The van der Waals surface area contributed by atoms with Crippen molar-refractivity contribution in [3.63, 3.8) is 0 Å². The van der Waals surface area contributed by atoms with Gasteiger partial charge in [0, 0.05) is 61.2 Å². The van der Waals surface area contributed by atoms with Gasteiger partial charge in [-0.3, -0.25) is 9.69 Å². The number of benzene rings is 1. The second kappa shape index (κ2) is 11.3. The minimum absolute atomic E-state index is 0.0775. The summed E-state index contributed by atoms with van der Waals surface area (Å²) in [6.45, 7) is 8.34. The van der Waals surface area contributed by atoms with Gasteiger partial charge in [-0.2, -0.15) is 0 Å². The molecule has 15 aliphatic rings. The molecule has 9 heterocycles. The summed E-state index contributed by atoms with van der Waals surface area (Å²) in [4.78, 5) is 36.1. The van der Waals surface area contributed by atoms with Crippen LogP contribution in [0.1, 0.15) is 112 Å². The van der Waals surface area contributed by atoms with E-state index in [9.17, 15) is 9.90 Å². The fourth-order valence-electron chi connectivity index (χ4n) is 16.8. The number of allylic oxidation sites excluding steroid dienone is 6. The highest BCUT2D eigenvalue weighted by atomic mass is 16.6. The molecule has 8 nitrogen and oxygen atoms in total. The van der Waals surface area contributed by atoms with Crippen molar-refractivity contribution >= 4 is 11.9 Å². The third-order valence-corrected chi connectivity index (χ3v) is 18.5. The van der Waals surface area contributed by atoms with E-state index in [0.29, 0.717) is 72.8 Å². The van der Waals surface area contributed by atoms with Crippen LogP contribution in [0.5, 0.6) is 0 Å². The number of ether oxygens (including phenoxy) is 2. The van der Waals surface area contributed by atoms with E-state index in [0.717, 1.165) is 69.3 Å². The van der Waals surface area contributed by atoms with Gasteiger partial charge in [-0.05, 0) is 142 Å². The highest BCUT2D eigenvalue weighted by molar-refractivity contribution is 6.01. The standard InChI is InChI=1S/C49H57N3O5/c1-25-11-13-33-32-9-3-7-29-21-30-12-14-36-31-20-27-22-51(24-31)26(2)19-37(53)44-47-16-15-34(41(39(29)32)43(30)52(36)23-27)42(33)48(47,46(55)56-44)38(18-25)49(47)35-10-4-6-28(8-5-17-50)40(35)45(54)57-49/h3-4,6,9-10,25-27,29,31,36,38-39,41,53H,5,7-8,11-24,50H2,1-2H3/b44-37+/t25-,26+,27+,29+,31-,36-,38+,39-,41+,47-,48-,49-/m1/s1. The fraction of sp³-hybridized carbons (Fsp3) is 0.633. The molecule has 57 heavy (non-hydrogen) atoms. The van der Waals surface area contributed by atoms with Gasteiger partial charge in [-0.1, -0.05) is 48.4 Å². The number of esters is 2. The Morgan fingerprint density at radius 2 is 1.91 bits per heavy atom. The number of nitrogens with two attached hydrogens (primary N) is 1. The van der Waals surface area contributed by atoms with Gasteiger partial charge in [0.05, 0.1) is 11.0 Å². The van der Waals surface area contributed by atoms with E-state index in [1.165, 1.54) is 48.0 Å². The van der Waals surface area contributed by atoms with Crippen molar-refractivity contribution in [1.29, 1.82) is 0 Å². The van der Waals surface area contributed by atoms with Crippen LogP contribution in [0.2, 0.25) is 0 Å². The molecule has 16 rings (SSSR count). The lowest BCUT2D eigenvalue weighted by Crippen LogP contribution is -2.77. The zero-order valence-electron chi connectivity index (χ0n) is 33.7. The number of rotatable bonds is 3. The van der Waals surface area contributed by atoms with Crippen molar-refractivity contribution in [3.05, 3.63) is 92.1 Å². The summed E-state index contributed by atoms with van der Waals surface area (Å²) >= 11 is 0. The first kappa shape index (κ1) is 34.3. The fourth-order valence-corrected chi connectivity index (χ4v) is 16.8. The van der Waals surface area contributed by atoms with Gasteiger partial charge in [-0.25, -0.2) is 4.79 Å². The third kappa shape index (κ3) is 3.79. The van der Waals surface area contributed by atoms with Crippen LogP contribution >= 0.6 is 0 Å². The van der Waals surface area contributed by atoms with Crippen LogP contribution in [0.4, 0.5) is 0 Å². The summed E-state index contributed by atoms with van der Waals surface area (Å²) < 4.78 is 14.0. The summed E-state index contributed by atoms with van der Waals surface area (Å²) in [7, 11) is 0. The van der Waals surface area contributed by atoms with E-state index in [1.807, 2.05) is 0 Å². The van der Waals surface area contributed by atoms with Crippen LogP contribution in [0.15, 0.2) is 75.4 Å². The van der Waals surface area contributed by atoms with E-state index < -0.39 is 16.4 Å². The second-order valence-electron chi connectivity index (χ2n) is 20.7. The number of aliphatic hydroxyl groups excluding tert-OH is 1. The lowest BCUT2D eigenvalue weighted by Gasteiger charge is -2.72. The molecule has 12 bridgehead atoms. The Labute approximate surface area is 336 Å². The lowest BCUT2D eigenvalue weighted by atomic mass is 9.27. The summed E-state index contributed by atoms with van der Waals surface area (Å²) in [5.41, 5.74) is 14.3. The van der Waals surface area contributed by atoms with E-state index in [1.54, 1.807) is 11.3 Å². The van der Waals surface area contributed by atoms with Crippen LogP contribution < -0.4 is 5.73 Å². The number of piperidine rings is 2. The molecule has 298 valence electrons. The number of carbonyl (C=O) groups excluding carboxylic acids is 2. The SMILES string of the molecule is C[C@@H]1CCC2=C3C=CC[C@H]4CC5=C6[C@@H](C7=C2[C@]28C(=O)O/C(=C(/O)C[C@H](C)N9C[C@@H]%10C[C@H](C9)[C@@H](CC5)N6C%10)[C@@]2(CC7)[C@]2(OC(=O)c5c(CCCN)cccc52)[C@H]8C1)[C@@H]34. The van der Waals surface area contributed by atoms with Gasteiger partial charge in [0.2, 0.25) is 0 Å². The molecule has 6 aliphatic carbocycles. The Bertz CT molecular complexity index is 2250. The van der Waals surface area contributed by atoms with Crippen LogP contribution in [-0.4, -0.2) is 65.1 Å². The minimum atomic E-state index is -1.12. The zero-order chi connectivity index (χ0) is 38.3. The quantitative estimate of drug-likeness (QED) is 0.301. The van der Waals surface area contributed by atoms with Gasteiger partial charge >= 0.3 is 11.9 Å². The van der Waals surface area contributed by atoms with Crippen molar-refractivity contribution in [3.8, 4) is 0 Å². The van der Waals surface area contributed by atoms with Gasteiger partial charge in [-0.15, -0.1) is 0 Å². The molecule has 3 spiro atoms. The number of aliphatic hydroxyl groups is 1. The Hall–Kier alpha value is -3.62. The monoisotopic (exact) mass is 767 g/mol. The van der Waals surface area contributed by atoms with E-state index in [4.69, 9.17) is 15.2 Å². The molecular formula is C49H57N3O5. The smallest absolute Gasteiger partial charge is 0.339 e. The summed E-state index contributed by atoms with van der Waals surface area (Å²) in [5.74, 6) is 2.55. The first-order valence-electron chi connectivity index (χ1n) is 22.8. The second-order valence-corrected chi connectivity index (χ2v) is 20.7. The number of fused-ring (bicyclic) bond motifs is 3. The molecule has 0 radical (unpaired) electrons. The summed E-state index contributed by atoms with van der Waals surface area (Å²) in [5, 5.41) is 12.8. The van der Waals surface area contributed by atoms with Crippen LogP contribution in [0, 0.1) is 52.3 Å². The molecule has 1 unspecified atom stereocenters. The molecule has 8 heteroatoms. The van der Waals surface area contributed by atoms with Crippen LogP contribution in [-0.2, 0) is 26.3 Å². The number of hydrogen-bond acceptors (Lipinski definition) is 8. The summed E-state index contributed by atoms with van der Waals surface area (Å²) in [6, 6.07) is 6.87. The number of nitrogens with zero attached hydrogens (tertiary/aromatic N) is 2. The van der Waals surface area contributed by atoms with Crippen LogP contribution in [0.25, 0.3) is 0 Å². The average Bonchev–Trinajstić information content (AvgIpc) is 3.66. The topological polar surface area (TPSA) is 105 Å². The molecule has 1 aromatic carbocycles. The molecular weight excluding hydrogens is 711 g/mol. The predicted octanol–water partition coefficient (Wildman–Crippen LogP) is 7.77. The molecule has 1 aromatic rings. The molecule has 2 saturated carbocycles. The van der Waals surface area contributed by atoms with Gasteiger partial charge < -0.3 is 25.2 Å². The van der Waals surface area contributed by atoms with Gasteiger partial charge in [0.15, 0.2) is 11.4 Å². The highest BCUT2D eigenvalue weighted by Crippen LogP contribution is 2.88. The molecule has 0 amide bonds. The third-order valence-electron chi connectivity index (χ3n) is 18.5. The predicted molar refractivity (Wildman–Crippen MR) is 214 cm³/mol. The van der Waals surface area contributed by atoms with Gasteiger partial charge in [0.25, 0.3) is 0 Å². The molecule has 9 aliphatic heterocycles. The van der Waals surface area contributed by atoms with Gasteiger partial charge in [0.1, 0.15) is 11.2 Å². The Kier molecular flexibility index (Phi) is 6.82. The average molecular weight is 768 g/mol. The van der Waals surface area contributed by atoms with Crippen molar-refractivity contribution < 1.29 is 24.2 Å². The molecule has 0 aromatic heterocycles. The van der Waals surface area contributed by atoms with Crippen molar-refractivity contribution in [2.75, 3.05) is 26.2 Å². The lowest BCUT2D eigenvalue weighted by molar-refractivity contribution is -0.279. The number of hydrogen-bond donors (Lipinski definition) is 2. The van der Waals surface area contributed by atoms with Crippen molar-refractivity contribution in [2.45, 2.75) is 115 Å². The first-order chi connectivity index (χ1) is 27.7. The minimum Gasteiger partial charge on any atom is -0.509 e. The zero-order valence-corrected chi connectivity index (χ0v) is 33.7. The largest absolute Gasteiger partial charge is 0.509 e. The molecule has 5 fully saturated rings. The first-order valence-corrected chi connectivity index (χ1v) is 22.8. The highest BCUT2D eigenvalue weighted by Gasteiger charge is 2.94. The number of carbonyl (C=O) groups is 2. The van der Waals surface area contributed by atoms with Crippen molar-refractivity contribution in [2.24, 2.45) is 58.0 Å². The maximum Gasteiger partial charge on any atom is 0.339 e. The number of aryl methyl sites for hydroxylation is 1. The van der Waals surface area contributed by atoms with Crippen molar-refractivity contribution in [1.82, 2.24) is 9.80 Å². The van der Waals surface area contributed by atoms with E-state index in [2.05, 4.69) is 54.0 Å². The maximum atomic E-state index is 15.8. The Morgan fingerprint density at radius 1 is 1.02 bits per heavy atom. The normalized spacial score (nSPS) is 46.5. The van der Waals surface area contributed by atoms with E-state index in [-0.39, 0.29) is 35.6 Å².